The number of likely N-dealkylation sites (N-methyl/N-ethyl adjacent to an activating group) is 1. The minimum Gasteiger partial charge on any atom is -0.497 e. The molecule has 1 saturated carbocycles. The van der Waals surface area contributed by atoms with Gasteiger partial charge in [0.25, 0.3) is 0 Å². The Morgan fingerprint density at radius 2 is 1.79 bits per heavy atom. The lowest BCUT2D eigenvalue weighted by Crippen LogP contribution is -2.29. The van der Waals surface area contributed by atoms with Gasteiger partial charge in [-0.25, -0.2) is 19.7 Å². The number of benzene rings is 1. The molecule has 0 spiro atoms. The number of fused-ring (bicyclic) bond motifs is 1. The van der Waals surface area contributed by atoms with Crippen LogP contribution in [0.15, 0.2) is 60.9 Å². The van der Waals surface area contributed by atoms with Crippen molar-refractivity contribution in [1.29, 1.82) is 0 Å². The van der Waals surface area contributed by atoms with Gasteiger partial charge in [0.2, 0.25) is 11.9 Å². The molecule has 2 fully saturated rings. The second-order valence-corrected chi connectivity index (χ2v) is 9.93. The Morgan fingerprint density at radius 1 is 1.00 bits per heavy atom. The van der Waals surface area contributed by atoms with Crippen LogP contribution in [0.2, 0.25) is 0 Å². The number of urea groups is 1. The van der Waals surface area contributed by atoms with Crippen LogP contribution < -0.4 is 20.3 Å². The fourth-order valence-corrected chi connectivity index (χ4v) is 5.20. The molecule has 39 heavy (non-hydrogen) atoms. The Labute approximate surface area is 225 Å². The average Bonchev–Trinajstić information content (AvgIpc) is 3.62. The van der Waals surface area contributed by atoms with E-state index in [1.807, 2.05) is 36.4 Å². The molecular weight excluding hydrogens is 496 g/mol. The van der Waals surface area contributed by atoms with E-state index < -0.39 is 0 Å². The van der Waals surface area contributed by atoms with Gasteiger partial charge in [-0.15, -0.1) is 0 Å². The first-order valence-corrected chi connectivity index (χ1v) is 13.0. The van der Waals surface area contributed by atoms with Crippen molar-refractivity contribution in [3.8, 4) is 5.75 Å². The number of amides is 3. The highest BCUT2D eigenvalue weighted by Gasteiger charge is 2.34. The number of hydrogen-bond acceptors (Lipinski definition) is 8. The van der Waals surface area contributed by atoms with Crippen LogP contribution in [0.1, 0.15) is 24.8 Å². The van der Waals surface area contributed by atoms with Gasteiger partial charge in [-0.05, 0) is 61.2 Å². The van der Waals surface area contributed by atoms with E-state index in [1.165, 1.54) is 11.9 Å². The van der Waals surface area contributed by atoms with Crippen LogP contribution in [-0.2, 0) is 11.3 Å². The maximum atomic E-state index is 12.2. The molecule has 6 rings (SSSR count). The van der Waals surface area contributed by atoms with Crippen LogP contribution in [0, 0.1) is 0 Å². The first kappa shape index (κ1) is 24.7. The number of pyridine rings is 2. The van der Waals surface area contributed by atoms with Crippen molar-refractivity contribution in [2.24, 2.45) is 0 Å². The van der Waals surface area contributed by atoms with Gasteiger partial charge in [-0.1, -0.05) is 12.1 Å². The molecule has 1 aromatic carbocycles. The minimum atomic E-state index is -0.333. The summed E-state index contributed by atoms with van der Waals surface area (Å²) >= 11 is 0. The van der Waals surface area contributed by atoms with E-state index in [1.54, 1.807) is 19.5 Å². The van der Waals surface area contributed by atoms with Gasteiger partial charge in [-0.3, -0.25) is 19.2 Å². The third-order valence-corrected chi connectivity index (χ3v) is 7.37. The molecule has 3 aromatic heterocycles. The van der Waals surface area contributed by atoms with Crippen molar-refractivity contribution in [2.75, 3.05) is 36.2 Å². The highest BCUT2D eigenvalue weighted by molar-refractivity contribution is 6.11. The fourth-order valence-electron chi connectivity index (χ4n) is 5.20. The van der Waals surface area contributed by atoms with Crippen LogP contribution in [-0.4, -0.2) is 69.1 Å². The lowest BCUT2D eigenvalue weighted by atomic mass is 10.2. The van der Waals surface area contributed by atoms with Crippen molar-refractivity contribution in [1.82, 2.24) is 24.4 Å². The molecule has 4 aromatic rings. The Bertz CT molecular complexity index is 1500. The SMILES string of the molecule is COc1ccc(Cn2c(N[C@H]3CC[C@H](Nc4ccc(N5CC(=O)N(C)C5=O)cn4)C3)nc3cccnc32)cc1. The summed E-state index contributed by atoms with van der Waals surface area (Å²) in [5.74, 6) is 2.15. The van der Waals surface area contributed by atoms with E-state index in [-0.39, 0.29) is 30.6 Å². The molecule has 4 heterocycles. The van der Waals surface area contributed by atoms with Crippen LogP contribution in [0.3, 0.4) is 0 Å². The number of nitrogens with zero attached hydrogens (tertiary/aromatic N) is 6. The zero-order valence-corrected chi connectivity index (χ0v) is 21.9. The Hall–Kier alpha value is -4.67. The molecule has 2 aliphatic rings. The summed E-state index contributed by atoms with van der Waals surface area (Å²) in [5, 5.41) is 7.17. The molecule has 0 bridgehead atoms. The summed E-state index contributed by atoms with van der Waals surface area (Å²) < 4.78 is 7.42. The smallest absolute Gasteiger partial charge is 0.331 e. The summed E-state index contributed by atoms with van der Waals surface area (Å²) in [4.78, 5) is 40.6. The number of carbonyl (C=O) groups is 2. The summed E-state index contributed by atoms with van der Waals surface area (Å²) in [6.45, 7) is 0.684. The van der Waals surface area contributed by atoms with Crippen molar-refractivity contribution < 1.29 is 14.3 Å². The molecular formula is C28H30N8O3. The molecule has 0 unspecified atom stereocenters. The highest BCUT2D eigenvalue weighted by atomic mass is 16.5. The number of carbonyl (C=O) groups excluding carboxylic acids is 2. The summed E-state index contributed by atoms with van der Waals surface area (Å²) in [5.41, 5.74) is 3.45. The van der Waals surface area contributed by atoms with E-state index in [9.17, 15) is 9.59 Å². The fraction of sp³-hybridized carbons (Fsp3) is 0.321. The third kappa shape index (κ3) is 4.95. The second kappa shape index (κ2) is 10.2. The van der Waals surface area contributed by atoms with E-state index in [2.05, 4.69) is 37.3 Å². The number of hydrogen-bond donors (Lipinski definition) is 2. The number of ether oxygens (including phenoxy) is 1. The van der Waals surface area contributed by atoms with Gasteiger partial charge < -0.3 is 15.4 Å². The quantitative estimate of drug-likeness (QED) is 0.334. The monoisotopic (exact) mass is 526 g/mol. The van der Waals surface area contributed by atoms with E-state index in [0.717, 1.165) is 58.4 Å². The normalized spacial score (nSPS) is 19.2. The zero-order valence-electron chi connectivity index (χ0n) is 21.9. The van der Waals surface area contributed by atoms with Gasteiger partial charge in [0, 0.05) is 25.3 Å². The zero-order chi connectivity index (χ0) is 26.9. The Morgan fingerprint density at radius 3 is 2.49 bits per heavy atom. The maximum absolute atomic E-state index is 12.2. The van der Waals surface area contributed by atoms with Crippen molar-refractivity contribution in [3.63, 3.8) is 0 Å². The summed E-state index contributed by atoms with van der Waals surface area (Å²) in [6, 6.07) is 15.8. The van der Waals surface area contributed by atoms with Gasteiger partial charge >= 0.3 is 6.03 Å². The molecule has 200 valence electrons. The minimum absolute atomic E-state index is 0.0402. The summed E-state index contributed by atoms with van der Waals surface area (Å²) in [7, 11) is 3.15. The molecule has 2 atom stereocenters. The lowest BCUT2D eigenvalue weighted by molar-refractivity contribution is -0.123. The second-order valence-electron chi connectivity index (χ2n) is 9.93. The Balaban J connectivity index is 1.12. The predicted molar refractivity (Wildman–Crippen MR) is 148 cm³/mol. The van der Waals surface area contributed by atoms with Gasteiger partial charge in [0.15, 0.2) is 5.65 Å². The third-order valence-electron chi connectivity index (χ3n) is 7.37. The van der Waals surface area contributed by atoms with E-state index >= 15 is 0 Å². The van der Waals surface area contributed by atoms with Crippen molar-refractivity contribution in [3.05, 3.63) is 66.5 Å². The number of nitrogens with one attached hydrogen (secondary N) is 2. The van der Waals surface area contributed by atoms with Gasteiger partial charge in [0.1, 0.15) is 23.6 Å². The van der Waals surface area contributed by atoms with Gasteiger partial charge in [-0.2, -0.15) is 0 Å². The number of rotatable bonds is 8. The topological polar surface area (TPSA) is 118 Å². The largest absolute Gasteiger partial charge is 0.497 e. The van der Waals surface area contributed by atoms with Crippen LogP contribution in [0.25, 0.3) is 11.2 Å². The van der Waals surface area contributed by atoms with Crippen molar-refractivity contribution in [2.45, 2.75) is 37.9 Å². The molecule has 1 aliphatic carbocycles. The Kier molecular flexibility index (Phi) is 6.47. The number of imidazole rings is 1. The molecule has 3 amide bonds. The lowest BCUT2D eigenvalue weighted by Gasteiger charge is -2.18. The number of aromatic nitrogens is 4. The predicted octanol–water partition coefficient (Wildman–Crippen LogP) is 3.73. The summed E-state index contributed by atoms with van der Waals surface area (Å²) in [6.07, 6.45) is 6.31. The van der Waals surface area contributed by atoms with Crippen LogP contribution >= 0.6 is 0 Å². The standard InChI is InChI=1S/C28H30N8O3/c1-34-25(37)17-35(28(34)38)21-9-12-24(30-15-21)31-19-7-8-20(14-19)32-27-33-23-4-3-13-29-26(23)36(27)16-18-5-10-22(39-2)11-6-18/h3-6,9-13,15,19-20H,7-8,14,16-17H2,1-2H3,(H,30,31)(H,32,33)/t19-,20-/m0/s1. The highest BCUT2D eigenvalue weighted by Crippen LogP contribution is 2.28. The number of anilines is 3. The molecule has 11 heteroatoms. The first-order chi connectivity index (χ1) is 19.0. The van der Waals surface area contributed by atoms with E-state index in [4.69, 9.17) is 9.72 Å². The maximum Gasteiger partial charge on any atom is 0.331 e. The molecule has 1 aliphatic heterocycles. The van der Waals surface area contributed by atoms with Crippen LogP contribution in [0.5, 0.6) is 5.75 Å². The van der Waals surface area contributed by atoms with Crippen LogP contribution in [0.4, 0.5) is 22.2 Å². The number of imide groups is 1. The van der Waals surface area contributed by atoms with E-state index in [0.29, 0.717) is 12.2 Å². The molecule has 0 radical (unpaired) electrons. The number of methoxy groups -OCH3 is 1. The molecule has 1 saturated heterocycles. The van der Waals surface area contributed by atoms with Crippen molar-refractivity contribution >= 4 is 40.6 Å². The first-order valence-electron chi connectivity index (χ1n) is 13.0. The average molecular weight is 527 g/mol. The van der Waals surface area contributed by atoms with Gasteiger partial charge in [0.05, 0.1) is 25.5 Å². The molecule has 11 nitrogen and oxygen atoms in total. The molecule has 2 N–H and O–H groups in total.